The molecule has 2 heterocycles. The van der Waals surface area contributed by atoms with Crippen LogP contribution in [0.3, 0.4) is 0 Å². The van der Waals surface area contributed by atoms with E-state index < -0.39 is 0 Å². The molecule has 0 unspecified atom stereocenters. The van der Waals surface area contributed by atoms with Crippen LogP contribution in [0.15, 0.2) is 29.1 Å². The van der Waals surface area contributed by atoms with Crippen LogP contribution >= 0.6 is 0 Å². The molecule has 1 N–H and O–H groups in total. The molecule has 1 aromatic heterocycles. The van der Waals surface area contributed by atoms with Gasteiger partial charge >= 0.3 is 0 Å². The zero-order chi connectivity index (χ0) is 19.4. The number of benzene rings is 1. The van der Waals surface area contributed by atoms with Crippen molar-refractivity contribution < 1.29 is 19.0 Å². The first kappa shape index (κ1) is 18.8. The summed E-state index contributed by atoms with van der Waals surface area (Å²) in [5.74, 6) is 1.14. The van der Waals surface area contributed by atoms with Crippen molar-refractivity contribution in [3.63, 3.8) is 0 Å². The maximum atomic E-state index is 13.1. The molecule has 1 amide bonds. The van der Waals surface area contributed by atoms with Gasteiger partial charge < -0.3 is 24.1 Å². The fraction of sp³-hybridized carbons (Fsp3) is 0.400. The largest absolute Gasteiger partial charge is 0.497 e. The molecule has 0 radical (unpaired) electrons. The Morgan fingerprint density at radius 3 is 2.44 bits per heavy atom. The summed E-state index contributed by atoms with van der Waals surface area (Å²) < 4.78 is 17.8. The van der Waals surface area contributed by atoms with Gasteiger partial charge in [-0.2, -0.15) is 0 Å². The van der Waals surface area contributed by atoms with E-state index in [9.17, 15) is 9.59 Å². The molecule has 3 rings (SSSR count). The highest BCUT2D eigenvalue weighted by Gasteiger charge is 2.24. The number of pyridine rings is 1. The normalized spacial score (nSPS) is 12.9. The van der Waals surface area contributed by atoms with E-state index in [1.54, 1.807) is 37.0 Å². The Labute approximate surface area is 157 Å². The highest BCUT2D eigenvalue weighted by Crippen LogP contribution is 2.29. The van der Waals surface area contributed by atoms with Gasteiger partial charge in [0.25, 0.3) is 11.5 Å². The van der Waals surface area contributed by atoms with Gasteiger partial charge in [0.2, 0.25) is 0 Å². The maximum absolute atomic E-state index is 13.1. The minimum Gasteiger partial charge on any atom is -0.497 e. The van der Waals surface area contributed by atoms with Gasteiger partial charge in [0, 0.05) is 42.2 Å². The summed E-state index contributed by atoms with van der Waals surface area (Å²) >= 11 is 0. The van der Waals surface area contributed by atoms with Gasteiger partial charge in [-0.25, -0.2) is 0 Å². The summed E-state index contributed by atoms with van der Waals surface area (Å²) in [6, 6.07) is 6.55. The molecule has 0 bridgehead atoms. The number of nitrogens with one attached hydrogen (secondary N) is 1. The van der Waals surface area contributed by atoms with Gasteiger partial charge in [0.05, 0.1) is 20.8 Å². The third-order valence-corrected chi connectivity index (χ3v) is 4.56. The highest BCUT2D eigenvalue weighted by molar-refractivity contribution is 6.07. The number of hydrogen-bond acceptors (Lipinski definition) is 5. The van der Waals surface area contributed by atoms with Gasteiger partial charge in [-0.3, -0.25) is 9.59 Å². The van der Waals surface area contributed by atoms with Crippen molar-refractivity contribution in [2.75, 3.05) is 26.1 Å². The molecular weight excluding hydrogens is 348 g/mol. The molecule has 1 aliphatic heterocycles. The maximum Gasteiger partial charge on any atom is 0.261 e. The number of aromatic nitrogens is 1. The summed E-state index contributed by atoms with van der Waals surface area (Å²) in [5, 5.41) is 2.88. The lowest BCUT2D eigenvalue weighted by molar-refractivity contribution is 0.102. The van der Waals surface area contributed by atoms with E-state index in [2.05, 4.69) is 5.32 Å². The van der Waals surface area contributed by atoms with Gasteiger partial charge in [-0.05, 0) is 26.2 Å². The van der Waals surface area contributed by atoms with E-state index in [4.69, 9.17) is 14.2 Å². The summed E-state index contributed by atoms with van der Waals surface area (Å²) in [6.07, 6.45) is 2.53. The second kappa shape index (κ2) is 8.16. The number of fused-ring (bicyclic) bond motifs is 1. The van der Waals surface area contributed by atoms with Gasteiger partial charge in [-0.15, -0.1) is 0 Å². The van der Waals surface area contributed by atoms with E-state index in [0.717, 1.165) is 18.5 Å². The van der Waals surface area contributed by atoms with Crippen molar-refractivity contribution >= 4 is 11.6 Å². The lowest BCUT2D eigenvalue weighted by Gasteiger charge is -2.23. The Kier molecular flexibility index (Phi) is 5.69. The topological polar surface area (TPSA) is 78.8 Å². The molecule has 0 saturated heterocycles. The third kappa shape index (κ3) is 3.92. The van der Waals surface area contributed by atoms with E-state index in [1.807, 2.05) is 6.92 Å². The minimum atomic E-state index is -0.320. The molecule has 27 heavy (non-hydrogen) atoms. The first-order valence-corrected chi connectivity index (χ1v) is 9.01. The molecule has 0 saturated carbocycles. The van der Waals surface area contributed by atoms with Crippen molar-refractivity contribution in [3.05, 3.63) is 45.9 Å². The standard InChI is InChI=1S/C20H24N2O5/c1-4-27-17-12-18(23)22-8-6-5-7-16(22)19(17)20(24)21-13-9-14(25-2)11-15(10-13)26-3/h9-12H,4-8H2,1-3H3,(H,21,24). The predicted octanol–water partition coefficient (Wildman–Crippen LogP) is 2.85. The molecule has 1 aromatic carbocycles. The minimum absolute atomic E-state index is 0.132. The second-order valence-corrected chi connectivity index (χ2v) is 6.27. The number of carbonyl (C=O) groups excluding carboxylic acids is 1. The number of anilines is 1. The Morgan fingerprint density at radius 2 is 1.81 bits per heavy atom. The first-order valence-electron chi connectivity index (χ1n) is 9.01. The number of carbonyl (C=O) groups is 1. The fourth-order valence-corrected chi connectivity index (χ4v) is 3.33. The summed E-state index contributed by atoms with van der Waals surface area (Å²) in [7, 11) is 3.10. The fourth-order valence-electron chi connectivity index (χ4n) is 3.33. The van der Waals surface area contributed by atoms with Crippen LogP contribution in [0.5, 0.6) is 17.2 Å². The zero-order valence-corrected chi connectivity index (χ0v) is 15.8. The van der Waals surface area contributed by atoms with E-state index in [0.29, 0.717) is 48.1 Å². The number of nitrogens with zero attached hydrogens (tertiary/aromatic N) is 1. The number of ether oxygens (including phenoxy) is 3. The molecule has 0 spiro atoms. The molecule has 7 heteroatoms. The van der Waals surface area contributed by atoms with Crippen LogP contribution in [0.4, 0.5) is 5.69 Å². The molecule has 0 aliphatic carbocycles. The van der Waals surface area contributed by atoms with Gasteiger partial charge in [0.1, 0.15) is 22.8 Å². The van der Waals surface area contributed by atoms with E-state index in [1.165, 1.54) is 6.07 Å². The number of methoxy groups -OCH3 is 2. The van der Waals surface area contributed by atoms with Crippen LogP contribution in [0.1, 0.15) is 35.8 Å². The molecular formula is C20H24N2O5. The predicted molar refractivity (Wildman–Crippen MR) is 102 cm³/mol. The summed E-state index contributed by atoms with van der Waals surface area (Å²) in [4.78, 5) is 25.5. The average Bonchev–Trinajstić information content (AvgIpc) is 2.68. The quantitative estimate of drug-likeness (QED) is 0.844. The smallest absolute Gasteiger partial charge is 0.261 e. The zero-order valence-electron chi connectivity index (χ0n) is 15.8. The SMILES string of the molecule is CCOc1cc(=O)n2c(c1C(=O)Nc1cc(OC)cc(OC)c1)CCCC2. The molecule has 7 nitrogen and oxygen atoms in total. The molecule has 0 atom stereocenters. The van der Waals surface area contributed by atoms with E-state index in [-0.39, 0.29) is 11.5 Å². The monoisotopic (exact) mass is 372 g/mol. The Morgan fingerprint density at radius 1 is 1.11 bits per heavy atom. The van der Waals surface area contributed by atoms with Crippen molar-refractivity contribution in [3.8, 4) is 17.2 Å². The van der Waals surface area contributed by atoms with Crippen LogP contribution in [0.25, 0.3) is 0 Å². The van der Waals surface area contributed by atoms with Crippen LogP contribution in [0, 0.1) is 0 Å². The highest BCUT2D eigenvalue weighted by atomic mass is 16.5. The van der Waals surface area contributed by atoms with Crippen LogP contribution in [0.2, 0.25) is 0 Å². The Balaban J connectivity index is 2.02. The Hall–Kier alpha value is -2.96. The van der Waals surface area contributed by atoms with Crippen molar-refractivity contribution in [2.45, 2.75) is 32.7 Å². The molecule has 1 aliphatic rings. The van der Waals surface area contributed by atoms with Crippen molar-refractivity contribution in [2.24, 2.45) is 0 Å². The van der Waals surface area contributed by atoms with E-state index >= 15 is 0 Å². The van der Waals surface area contributed by atoms with Crippen molar-refractivity contribution in [1.82, 2.24) is 4.57 Å². The Bertz CT molecular complexity index is 882. The summed E-state index contributed by atoms with van der Waals surface area (Å²) in [6.45, 7) is 2.82. The van der Waals surface area contributed by atoms with Gasteiger partial charge in [-0.1, -0.05) is 0 Å². The number of amides is 1. The van der Waals surface area contributed by atoms with Crippen LogP contribution in [-0.2, 0) is 13.0 Å². The lowest BCUT2D eigenvalue weighted by atomic mass is 10.0. The first-order chi connectivity index (χ1) is 13.1. The van der Waals surface area contributed by atoms with Crippen molar-refractivity contribution in [1.29, 1.82) is 0 Å². The molecule has 144 valence electrons. The second-order valence-electron chi connectivity index (χ2n) is 6.27. The van der Waals surface area contributed by atoms with Gasteiger partial charge in [0.15, 0.2) is 0 Å². The summed E-state index contributed by atoms with van der Waals surface area (Å²) in [5.41, 5.74) is 1.55. The molecule has 2 aromatic rings. The lowest BCUT2D eigenvalue weighted by Crippen LogP contribution is -2.31. The van der Waals surface area contributed by atoms with Crippen LogP contribution in [-0.4, -0.2) is 31.3 Å². The van der Waals surface area contributed by atoms with Crippen LogP contribution < -0.4 is 25.1 Å². The molecule has 0 fully saturated rings. The number of rotatable bonds is 6. The number of hydrogen-bond donors (Lipinski definition) is 1. The average molecular weight is 372 g/mol. The third-order valence-electron chi connectivity index (χ3n) is 4.56.